The highest BCUT2D eigenvalue weighted by molar-refractivity contribution is 5.89. The molecular weight excluding hydrogens is 259 g/mol. The summed E-state index contributed by atoms with van der Waals surface area (Å²) in [5, 5.41) is 5.39. The summed E-state index contributed by atoms with van der Waals surface area (Å²) < 4.78 is 13.9. The Hall–Kier alpha value is -1.91. The molecule has 0 spiro atoms. The minimum atomic E-state index is -0.705. The molecule has 0 aliphatic heterocycles. The summed E-state index contributed by atoms with van der Waals surface area (Å²) in [7, 11) is 0. The first-order valence-electron chi connectivity index (χ1n) is 6.91. The average molecular weight is 278 g/mol. The normalized spacial score (nSPS) is 16.1. The van der Waals surface area contributed by atoms with Crippen LogP contribution < -0.4 is 10.6 Å². The van der Waals surface area contributed by atoms with E-state index in [4.69, 9.17) is 0 Å². The number of hydrogen-bond acceptors (Lipinski definition) is 2. The third kappa shape index (κ3) is 2.81. The van der Waals surface area contributed by atoms with Gasteiger partial charge in [0.05, 0.1) is 5.41 Å². The Bertz CT molecular complexity index is 487. The molecule has 2 amide bonds. The molecule has 1 aliphatic rings. The fourth-order valence-corrected chi connectivity index (χ4v) is 2.62. The van der Waals surface area contributed by atoms with E-state index in [9.17, 15) is 14.0 Å². The Morgan fingerprint density at radius 2 is 2.05 bits per heavy atom. The second kappa shape index (κ2) is 6.50. The van der Waals surface area contributed by atoms with Gasteiger partial charge in [-0.2, -0.15) is 0 Å². The molecule has 1 aromatic rings. The van der Waals surface area contributed by atoms with Gasteiger partial charge in [-0.05, 0) is 25.3 Å². The lowest BCUT2D eigenvalue weighted by Gasteiger charge is -2.40. The minimum Gasteiger partial charge on any atom is -0.359 e. The zero-order chi connectivity index (χ0) is 14.4. The van der Waals surface area contributed by atoms with Crippen molar-refractivity contribution < 1.29 is 14.0 Å². The van der Waals surface area contributed by atoms with E-state index in [2.05, 4.69) is 10.6 Å². The molecule has 0 unspecified atom stereocenters. The Labute approximate surface area is 117 Å². The van der Waals surface area contributed by atoms with Crippen LogP contribution in [-0.2, 0) is 15.0 Å². The smallest absolute Gasteiger partial charge is 0.230 e. The number of carbonyl (C=O) groups excluding carboxylic acids is 2. The number of carbonyl (C=O) groups is 2. The third-order valence-electron chi connectivity index (χ3n) is 3.90. The van der Waals surface area contributed by atoms with Gasteiger partial charge in [-0.3, -0.25) is 9.59 Å². The van der Waals surface area contributed by atoms with Crippen LogP contribution in [-0.4, -0.2) is 25.4 Å². The van der Waals surface area contributed by atoms with Crippen molar-refractivity contribution in [2.45, 2.75) is 31.1 Å². The summed E-state index contributed by atoms with van der Waals surface area (Å²) in [6.07, 6.45) is 3.61. The molecule has 0 aromatic heterocycles. The number of halogens is 1. The molecule has 1 aliphatic carbocycles. The van der Waals surface area contributed by atoms with Crippen molar-refractivity contribution >= 4 is 12.3 Å². The van der Waals surface area contributed by atoms with Crippen molar-refractivity contribution in [2.24, 2.45) is 0 Å². The molecule has 5 heteroatoms. The standard InChI is InChI=1S/C15H19FN2O2/c16-13-6-2-1-5-12(13)15(7-3-8-15)14(20)18-10-4-9-17-11-19/h1-2,5-6,11H,3-4,7-10H2,(H,17,19)(H,18,20). The lowest BCUT2D eigenvalue weighted by atomic mass is 9.63. The largest absolute Gasteiger partial charge is 0.359 e. The van der Waals surface area contributed by atoms with Crippen LogP contribution in [0.25, 0.3) is 0 Å². The van der Waals surface area contributed by atoms with Crippen LogP contribution in [0.4, 0.5) is 4.39 Å². The number of amides is 2. The third-order valence-corrected chi connectivity index (χ3v) is 3.90. The summed E-state index contributed by atoms with van der Waals surface area (Å²) in [4.78, 5) is 22.5. The van der Waals surface area contributed by atoms with E-state index in [1.54, 1.807) is 18.2 Å². The van der Waals surface area contributed by atoms with Gasteiger partial charge in [0.2, 0.25) is 12.3 Å². The fourth-order valence-electron chi connectivity index (χ4n) is 2.62. The second-order valence-electron chi connectivity index (χ2n) is 5.10. The monoisotopic (exact) mass is 278 g/mol. The van der Waals surface area contributed by atoms with E-state index in [1.807, 2.05) is 0 Å². The number of nitrogens with one attached hydrogen (secondary N) is 2. The first-order chi connectivity index (χ1) is 9.70. The topological polar surface area (TPSA) is 58.2 Å². The summed E-state index contributed by atoms with van der Waals surface area (Å²) in [6.45, 7) is 1.01. The van der Waals surface area contributed by atoms with Gasteiger partial charge in [0, 0.05) is 18.7 Å². The van der Waals surface area contributed by atoms with Crippen LogP contribution in [0.15, 0.2) is 24.3 Å². The molecule has 0 atom stereocenters. The molecule has 1 aromatic carbocycles. The predicted molar refractivity (Wildman–Crippen MR) is 73.6 cm³/mol. The van der Waals surface area contributed by atoms with Crippen molar-refractivity contribution in [2.75, 3.05) is 13.1 Å². The summed E-state index contributed by atoms with van der Waals surface area (Å²) >= 11 is 0. The van der Waals surface area contributed by atoms with Gasteiger partial charge in [-0.1, -0.05) is 24.6 Å². The maximum atomic E-state index is 13.9. The molecule has 2 N–H and O–H groups in total. The second-order valence-corrected chi connectivity index (χ2v) is 5.10. The molecule has 2 rings (SSSR count). The molecule has 0 radical (unpaired) electrons. The van der Waals surface area contributed by atoms with Crippen LogP contribution in [0.3, 0.4) is 0 Å². The Balaban J connectivity index is 1.99. The highest BCUT2D eigenvalue weighted by Gasteiger charge is 2.46. The minimum absolute atomic E-state index is 0.111. The van der Waals surface area contributed by atoms with Crippen molar-refractivity contribution in [1.29, 1.82) is 0 Å². The molecule has 1 fully saturated rings. The predicted octanol–water partition coefficient (Wildman–Crippen LogP) is 1.50. The zero-order valence-corrected chi connectivity index (χ0v) is 11.3. The van der Waals surface area contributed by atoms with Crippen LogP contribution in [0.2, 0.25) is 0 Å². The van der Waals surface area contributed by atoms with Crippen molar-refractivity contribution in [3.05, 3.63) is 35.6 Å². The molecular formula is C15H19FN2O2. The number of hydrogen-bond donors (Lipinski definition) is 2. The number of benzene rings is 1. The van der Waals surface area contributed by atoms with Gasteiger partial charge < -0.3 is 10.6 Å². The summed E-state index contributed by atoms with van der Waals surface area (Å²) in [5.74, 6) is -0.426. The van der Waals surface area contributed by atoms with Crippen LogP contribution >= 0.6 is 0 Å². The number of rotatable bonds is 7. The summed E-state index contributed by atoms with van der Waals surface area (Å²) in [6, 6.07) is 6.49. The zero-order valence-electron chi connectivity index (χ0n) is 11.3. The lowest BCUT2D eigenvalue weighted by Crippen LogP contribution is -2.50. The van der Waals surface area contributed by atoms with Crippen LogP contribution in [0.5, 0.6) is 0 Å². The molecule has 0 bridgehead atoms. The maximum absolute atomic E-state index is 13.9. The highest BCUT2D eigenvalue weighted by Crippen LogP contribution is 2.44. The van der Waals surface area contributed by atoms with E-state index in [0.29, 0.717) is 44.3 Å². The van der Waals surface area contributed by atoms with Gasteiger partial charge in [-0.25, -0.2) is 4.39 Å². The van der Waals surface area contributed by atoms with E-state index in [1.165, 1.54) is 6.07 Å². The lowest BCUT2D eigenvalue weighted by molar-refractivity contribution is -0.130. The van der Waals surface area contributed by atoms with Crippen LogP contribution in [0.1, 0.15) is 31.2 Å². The SMILES string of the molecule is O=CNCCCNC(=O)C1(c2ccccc2F)CCC1. The first-order valence-corrected chi connectivity index (χ1v) is 6.91. The Morgan fingerprint density at radius 3 is 2.65 bits per heavy atom. The Morgan fingerprint density at radius 1 is 1.30 bits per heavy atom. The van der Waals surface area contributed by atoms with Crippen molar-refractivity contribution in [3.8, 4) is 0 Å². The molecule has 0 heterocycles. The quantitative estimate of drug-likeness (QED) is 0.586. The average Bonchev–Trinajstić information content (AvgIpc) is 2.39. The van der Waals surface area contributed by atoms with Crippen molar-refractivity contribution in [1.82, 2.24) is 10.6 Å². The van der Waals surface area contributed by atoms with E-state index in [-0.39, 0.29) is 11.7 Å². The molecule has 108 valence electrons. The van der Waals surface area contributed by atoms with Crippen LogP contribution in [0, 0.1) is 5.82 Å². The molecule has 1 saturated carbocycles. The fraction of sp³-hybridized carbons (Fsp3) is 0.467. The maximum Gasteiger partial charge on any atom is 0.230 e. The van der Waals surface area contributed by atoms with Gasteiger partial charge in [0.1, 0.15) is 5.82 Å². The molecule has 0 saturated heterocycles. The van der Waals surface area contributed by atoms with E-state index >= 15 is 0 Å². The van der Waals surface area contributed by atoms with Gasteiger partial charge in [0.25, 0.3) is 0 Å². The van der Waals surface area contributed by atoms with E-state index in [0.717, 1.165) is 6.42 Å². The summed E-state index contributed by atoms with van der Waals surface area (Å²) in [5.41, 5.74) is -0.210. The van der Waals surface area contributed by atoms with Crippen molar-refractivity contribution in [3.63, 3.8) is 0 Å². The first kappa shape index (κ1) is 14.5. The van der Waals surface area contributed by atoms with E-state index < -0.39 is 5.41 Å². The highest BCUT2D eigenvalue weighted by atomic mass is 19.1. The van der Waals surface area contributed by atoms with Gasteiger partial charge in [-0.15, -0.1) is 0 Å². The van der Waals surface area contributed by atoms with Gasteiger partial charge in [0.15, 0.2) is 0 Å². The van der Waals surface area contributed by atoms with Gasteiger partial charge >= 0.3 is 0 Å². The molecule has 4 nitrogen and oxygen atoms in total. The molecule has 20 heavy (non-hydrogen) atoms. The Kier molecular flexibility index (Phi) is 4.71.